The van der Waals surface area contributed by atoms with Crippen LogP contribution in [0.25, 0.3) is 0 Å². The molecular formula is C16H20N4O2. The van der Waals surface area contributed by atoms with Gasteiger partial charge in [-0.3, -0.25) is 10.1 Å². The molecule has 0 spiro atoms. The van der Waals surface area contributed by atoms with Gasteiger partial charge in [0.05, 0.1) is 4.92 Å². The highest BCUT2D eigenvalue weighted by Gasteiger charge is 2.09. The largest absolute Gasteiger partial charge is 0.385 e. The summed E-state index contributed by atoms with van der Waals surface area (Å²) in [6.45, 7) is 5.52. The van der Waals surface area contributed by atoms with Crippen LogP contribution in [-0.4, -0.2) is 16.5 Å². The Bertz CT molecular complexity index is 641. The fourth-order valence-electron chi connectivity index (χ4n) is 2.04. The maximum absolute atomic E-state index is 10.7. The first-order valence-corrected chi connectivity index (χ1v) is 7.28. The summed E-state index contributed by atoms with van der Waals surface area (Å²) in [5, 5.41) is 17.2. The molecule has 0 bridgehead atoms. The molecule has 6 nitrogen and oxygen atoms in total. The molecule has 0 atom stereocenters. The van der Waals surface area contributed by atoms with Gasteiger partial charge in [0.1, 0.15) is 12.0 Å². The fraction of sp³-hybridized carbons (Fsp3) is 0.312. The van der Waals surface area contributed by atoms with Gasteiger partial charge in [-0.2, -0.15) is 0 Å². The number of aromatic nitrogens is 1. The zero-order chi connectivity index (χ0) is 15.9. The highest BCUT2D eigenvalue weighted by molar-refractivity contribution is 5.49. The van der Waals surface area contributed by atoms with E-state index >= 15 is 0 Å². The number of rotatable bonds is 7. The minimum absolute atomic E-state index is 0.00871. The van der Waals surface area contributed by atoms with Gasteiger partial charge in [0.15, 0.2) is 0 Å². The molecule has 0 saturated carbocycles. The van der Waals surface area contributed by atoms with Crippen LogP contribution in [0, 0.1) is 17.0 Å². The Hall–Kier alpha value is -2.63. The van der Waals surface area contributed by atoms with Gasteiger partial charge >= 0.3 is 0 Å². The minimum atomic E-state index is -0.439. The van der Waals surface area contributed by atoms with Gasteiger partial charge in [-0.25, -0.2) is 4.98 Å². The summed E-state index contributed by atoms with van der Waals surface area (Å²) in [5.74, 6) is 0.666. The maximum Gasteiger partial charge on any atom is 0.287 e. The van der Waals surface area contributed by atoms with Gasteiger partial charge < -0.3 is 10.6 Å². The van der Waals surface area contributed by atoms with Crippen LogP contribution in [0.15, 0.2) is 36.5 Å². The third-order valence-corrected chi connectivity index (χ3v) is 3.27. The van der Waals surface area contributed by atoms with Crippen molar-refractivity contribution in [2.45, 2.75) is 26.8 Å². The van der Waals surface area contributed by atoms with Crippen molar-refractivity contribution in [3.63, 3.8) is 0 Å². The van der Waals surface area contributed by atoms with Gasteiger partial charge in [-0.05, 0) is 36.6 Å². The molecule has 0 fully saturated rings. The Morgan fingerprint density at radius 1 is 1.23 bits per heavy atom. The number of aryl methyl sites for hydroxylation is 1. The van der Waals surface area contributed by atoms with Crippen molar-refractivity contribution in [1.82, 2.24) is 4.98 Å². The number of hydrogen-bond donors (Lipinski definition) is 2. The van der Waals surface area contributed by atoms with Crippen LogP contribution in [0.3, 0.4) is 0 Å². The van der Waals surface area contributed by atoms with Crippen LogP contribution in [-0.2, 0) is 6.54 Å². The first kappa shape index (κ1) is 15.8. The Morgan fingerprint density at radius 3 is 2.55 bits per heavy atom. The quantitative estimate of drug-likeness (QED) is 0.601. The molecule has 0 amide bonds. The van der Waals surface area contributed by atoms with E-state index in [-0.39, 0.29) is 5.69 Å². The van der Waals surface area contributed by atoms with Crippen molar-refractivity contribution in [1.29, 1.82) is 0 Å². The van der Waals surface area contributed by atoms with E-state index in [9.17, 15) is 10.1 Å². The lowest BCUT2D eigenvalue weighted by Gasteiger charge is -2.09. The zero-order valence-corrected chi connectivity index (χ0v) is 12.8. The van der Waals surface area contributed by atoms with E-state index in [0.29, 0.717) is 12.4 Å². The summed E-state index contributed by atoms with van der Waals surface area (Å²) in [6.07, 6.45) is 2.36. The maximum atomic E-state index is 10.7. The number of nitrogens with zero attached hydrogens (tertiary/aromatic N) is 2. The highest BCUT2D eigenvalue weighted by atomic mass is 16.6. The monoisotopic (exact) mass is 300 g/mol. The lowest BCUT2D eigenvalue weighted by atomic mass is 10.2. The molecule has 2 aromatic rings. The molecule has 116 valence electrons. The van der Waals surface area contributed by atoms with Crippen LogP contribution in [0.4, 0.5) is 17.2 Å². The zero-order valence-electron chi connectivity index (χ0n) is 12.8. The molecule has 0 aliphatic heterocycles. The first-order chi connectivity index (χ1) is 10.6. The van der Waals surface area contributed by atoms with Crippen LogP contribution in [0.1, 0.15) is 24.5 Å². The normalized spacial score (nSPS) is 10.3. The molecule has 0 saturated heterocycles. The number of benzene rings is 1. The van der Waals surface area contributed by atoms with Crippen molar-refractivity contribution in [2.75, 3.05) is 17.2 Å². The van der Waals surface area contributed by atoms with E-state index in [0.717, 1.165) is 29.8 Å². The molecule has 1 aromatic carbocycles. The average Bonchev–Trinajstić information content (AvgIpc) is 2.52. The molecular weight excluding hydrogens is 280 g/mol. The van der Waals surface area contributed by atoms with Gasteiger partial charge in [-0.1, -0.05) is 19.1 Å². The molecule has 6 heteroatoms. The second-order valence-corrected chi connectivity index (χ2v) is 5.09. The minimum Gasteiger partial charge on any atom is -0.385 e. The van der Waals surface area contributed by atoms with Crippen LogP contribution in [0.2, 0.25) is 0 Å². The predicted octanol–water partition coefficient (Wildman–Crippen LogP) is 3.73. The highest BCUT2D eigenvalue weighted by Crippen LogP contribution is 2.19. The standard InChI is InChI=1S/C16H20N4O2/c1-3-8-17-14-6-4-13(5-7-14)10-18-16-12(2)9-15(11-19-16)20(21)22/h4-7,9,11,17H,3,8,10H2,1-2H3,(H,18,19). The summed E-state index contributed by atoms with van der Waals surface area (Å²) in [4.78, 5) is 14.4. The SMILES string of the molecule is CCCNc1ccc(CNc2ncc([N+](=O)[O-])cc2C)cc1. The van der Waals surface area contributed by atoms with Crippen molar-refractivity contribution >= 4 is 17.2 Å². The Morgan fingerprint density at radius 2 is 1.95 bits per heavy atom. The second kappa shape index (κ2) is 7.40. The summed E-state index contributed by atoms with van der Waals surface area (Å²) in [7, 11) is 0. The lowest BCUT2D eigenvalue weighted by Crippen LogP contribution is -2.04. The number of anilines is 2. The van der Waals surface area contributed by atoms with Crippen LogP contribution >= 0.6 is 0 Å². The van der Waals surface area contributed by atoms with Crippen molar-refractivity contribution in [3.05, 3.63) is 57.8 Å². The Labute approximate surface area is 129 Å². The lowest BCUT2D eigenvalue weighted by molar-refractivity contribution is -0.385. The van der Waals surface area contributed by atoms with E-state index in [2.05, 4.69) is 22.5 Å². The topological polar surface area (TPSA) is 80.1 Å². The van der Waals surface area contributed by atoms with Crippen molar-refractivity contribution in [2.24, 2.45) is 0 Å². The summed E-state index contributed by atoms with van der Waals surface area (Å²) < 4.78 is 0. The molecule has 22 heavy (non-hydrogen) atoms. The third kappa shape index (κ3) is 4.18. The molecule has 0 unspecified atom stereocenters. The Balaban J connectivity index is 1.96. The smallest absolute Gasteiger partial charge is 0.287 e. The first-order valence-electron chi connectivity index (χ1n) is 7.28. The molecule has 1 aromatic heterocycles. The van der Waals surface area contributed by atoms with Gasteiger partial charge in [0.25, 0.3) is 5.69 Å². The van der Waals surface area contributed by atoms with E-state index < -0.39 is 4.92 Å². The molecule has 2 rings (SSSR count). The van der Waals surface area contributed by atoms with Crippen LogP contribution in [0.5, 0.6) is 0 Å². The van der Waals surface area contributed by atoms with E-state index in [1.165, 1.54) is 12.3 Å². The van der Waals surface area contributed by atoms with Crippen molar-refractivity contribution < 1.29 is 4.92 Å². The van der Waals surface area contributed by atoms with Crippen molar-refractivity contribution in [3.8, 4) is 0 Å². The third-order valence-electron chi connectivity index (χ3n) is 3.27. The van der Waals surface area contributed by atoms with E-state index in [1.54, 1.807) is 6.92 Å². The van der Waals surface area contributed by atoms with Gasteiger partial charge in [0, 0.05) is 24.8 Å². The molecule has 0 aliphatic rings. The van der Waals surface area contributed by atoms with Gasteiger partial charge in [0.2, 0.25) is 0 Å². The summed E-state index contributed by atoms with van der Waals surface area (Å²) in [6, 6.07) is 9.70. The number of hydrogen-bond acceptors (Lipinski definition) is 5. The number of nitro groups is 1. The molecule has 1 heterocycles. The van der Waals surface area contributed by atoms with Gasteiger partial charge in [-0.15, -0.1) is 0 Å². The number of pyridine rings is 1. The van der Waals surface area contributed by atoms with Crippen LogP contribution < -0.4 is 10.6 Å². The molecule has 2 N–H and O–H groups in total. The second-order valence-electron chi connectivity index (χ2n) is 5.09. The molecule has 0 aliphatic carbocycles. The Kier molecular flexibility index (Phi) is 5.30. The summed E-state index contributed by atoms with van der Waals surface area (Å²) >= 11 is 0. The summed E-state index contributed by atoms with van der Waals surface area (Å²) in [5.41, 5.74) is 3.00. The predicted molar refractivity (Wildman–Crippen MR) is 88.2 cm³/mol. The van der Waals surface area contributed by atoms with E-state index in [4.69, 9.17) is 0 Å². The number of nitrogens with one attached hydrogen (secondary N) is 2. The fourth-order valence-corrected chi connectivity index (χ4v) is 2.04. The molecule has 0 radical (unpaired) electrons. The average molecular weight is 300 g/mol. The van der Waals surface area contributed by atoms with E-state index in [1.807, 2.05) is 24.3 Å².